The standard InChI is InChI=1S/C13H23N5O/c1-9-10(14)11(18(4)16-9)12(19)15-8-13(17(2)3)6-5-7-13/h5-8,14H2,1-4H3,(H,15,19). The molecule has 106 valence electrons. The smallest absolute Gasteiger partial charge is 0.271 e. The van der Waals surface area contributed by atoms with Crippen LogP contribution in [0.3, 0.4) is 0 Å². The molecule has 0 unspecified atom stereocenters. The van der Waals surface area contributed by atoms with Crippen molar-refractivity contribution in [2.24, 2.45) is 7.05 Å². The minimum absolute atomic E-state index is 0.109. The zero-order valence-electron chi connectivity index (χ0n) is 12.2. The fraction of sp³-hybridized carbons (Fsp3) is 0.692. The molecule has 0 saturated heterocycles. The van der Waals surface area contributed by atoms with Gasteiger partial charge in [0.1, 0.15) is 5.69 Å². The van der Waals surface area contributed by atoms with E-state index in [1.165, 1.54) is 6.42 Å². The number of likely N-dealkylation sites (N-methyl/N-ethyl adjacent to an activating group) is 1. The number of nitrogens with two attached hydrogens (primary N) is 1. The Balaban J connectivity index is 2.06. The van der Waals surface area contributed by atoms with Gasteiger partial charge in [-0.25, -0.2) is 0 Å². The average Bonchev–Trinajstić information content (AvgIpc) is 2.50. The van der Waals surface area contributed by atoms with Crippen LogP contribution in [0.1, 0.15) is 35.4 Å². The minimum atomic E-state index is -0.145. The quantitative estimate of drug-likeness (QED) is 0.832. The maximum Gasteiger partial charge on any atom is 0.271 e. The number of amides is 1. The highest BCUT2D eigenvalue weighted by Crippen LogP contribution is 2.35. The number of nitrogens with zero attached hydrogens (tertiary/aromatic N) is 3. The van der Waals surface area contributed by atoms with Crippen LogP contribution in [0.2, 0.25) is 0 Å². The molecule has 0 bridgehead atoms. The maximum absolute atomic E-state index is 12.2. The first kappa shape index (κ1) is 13.9. The summed E-state index contributed by atoms with van der Waals surface area (Å²) in [5.41, 5.74) is 7.61. The van der Waals surface area contributed by atoms with Gasteiger partial charge in [0.05, 0.1) is 11.4 Å². The first-order valence-corrected chi connectivity index (χ1v) is 6.62. The molecule has 1 aromatic heterocycles. The number of nitrogen functional groups attached to an aromatic ring is 1. The van der Waals surface area contributed by atoms with E-state index in [-0.39, 0.29) is 11.4 Å². The summed E-state index contributed by atoms with van der Waals surface area (Å²) in [5, 5.41) is 7.16. The number of rotatable bonds is 4. The van der Waals surface area contributed by atoms with Crippen LogP contribution in [-0.2, 0) is 7.05 Å². The van der Waals surface area contributed by atoms with Crippen LogP contribution in [0.4, 0.5) is 5.69 Å². The van der Waals surface area contributed by atoms with E-state index < -0.39 is 0 Å². The molecule has 1 aromatic rings. The van der Waals surface area contributed by atoms with E-state index in [0.717, 1.165) is 12.8 Å². The number of nitrogens with one attached hydrogen (secondary N) is 1. The van der Waals surface area contributed by atoms with E-state index in [9.17, 15) is 4.79 Å². The van der Waals surface area contributed by atoms with E-state index in [0.29, 0.717) is 23.6 Å². The van der Waals surface area contributed by atoms with Gasteiger partial charge < -0.3 is 16.0 Å². The van der Waals surface area contributed by atoms with Crippen molar-refractivity contribution in [3.63, 3.8) is 0 Å². The third-order valence-corrected chi connectivity index (χ3v) is 4.29. The van der Waals surface area contributed by atoms with Gasteiger partial charge >= 0.3 is 0 Å². The van der Waals surface area contributed by atoms with E-state index in [4.69, 9.17) is 5.73 Å². The summed E-state index contributed by atoms with van der Waals surface area (Å²) in [6, 6.07) is 0. The second kappa shape index (κ2) is 4.85. The fourth-order valence-electron chi connectivity index (χ4n) is 2.64. The highest BCUT2D eigenvalue weighted by Gasteiger charge is 2.39. The van der Waals surface area contributed by atoms with E-state index in [1.807, 2.05) is 0 Å². The second-order valence-corrected chi connectivity index (χ2v) is 5.63. The number of carbonyl (C=O) groups excluding carboxylic acids is 1. The normalized spacial score (nSPS) is 17.3. The molecule has 1 aliphatic rings. The first-order chi connectivity index (χ1) is 8.87. The molecule has 0 atom stereocenters. The molecule has 1 aliphatic carbocycles. The van der Waals surface area contributed by atoms with Gasteiger partial charge in [-0.3, -0.25) is 9.48 Å². The van der Waals surface area contributed by atoms with Crippen LogP contribution < -0.4 is 11.1 Å². The Morgan fingerprint density at radius 2 is 2.16 bits per heavy atom. The monoisotopic (exact) mass is 265 g/mol. The van der Waals surface area contributed by atoms with Crippen molar-refractivity contribution in [3.05, 3.63) is 11.4 Å². The average molecular weight is 265 g/mol. The Kier molecular flexibility index (Phi) is 3.54. The molecule has 1 saturated carbocycles. The third kappa shape index (κ3) is 2.32. The van der Waals surface area contributed by atoms with Crippen LogP contribution in [0, 0.1) is 6.92 Å². The largest absolute Gasteiger partial charge is 0.395 e. The molecule has 19 heavy (non-hydrogen) atoms. The third-order valence-electron chi connectivity index (χ3n) is 4.29. The van der Waals surface area contributed by atoms with E-state index in [1.54, 1.807) is 18.7 Å². The lowest BCUT2D eigenvalue weighted by Gasteiger charge is -2.47. The number of hydrogen-bond donors (Lipinski definition) is 2. The number of aryl methyl sites for hydroxylation is 2. The van der Waals surface area contributed by atoms with Crippen molar-refractivity contribution in [1.82, 2.24) is 20.0 Å². The molecule has 0 aromatic carbocycles. The zero-order chi connectivity index (χ0) is 14.2. The van der Waals surface area contributed by atoms with Gasteiger partial charge in [-0.05, 0) is 40.3 Å². The van der Waals surface area contributed by atoms with Crippen molar-refractivity contribution >= 4 is 11.6 Å². The molecule has 6 nitrogen and oxygen atoms in total. The predicted molar refractivity (Wildman–Crippen MR) is 75.0 cm³/mol. The van der Waals surface area contributed by atoms with Gasteiger partial charge in [-0.1, -0.05) is 0 Å². The summed E-state index contributed by atoms with van der Waals surface area (Å²) in [5.74, 6) is -0.145. The Hall–Kier alpha value is -1.56. The Morgan fingerprint density at radius 3 is 2.53 bits per heavy atom. The van der Waals surface area contributed by atoms with Crippen molar-refractivity contribution in [3.8, 4) is 0 Å². The van der Waals surface area contributed by atoms with Gasteiger partial charge in [0.2, 0.25) is 0 Å². The summed E-state index contributed by atoms with van der Waals surface area (Å²) >= 11 is 0. The van der Waals surface area contributed by atoms with Crippen LogP contribution in [0.25, 0.3) is 0 Å². The molecular weight excluding hydrogens is 242 g/mol. The Morgan fingerprint density at radius 1 is 1.53 bits per heavy atom. The van der Waals surface area contributed by atoms with Crippen LogP contribution in [0.15, 0.2) is 0 Å². The SMILES string of the molecule is Cc1nn(C)c(C(=O)NCC2(N(C)C)CCC2)c1N. The molecule has 1 heterocycles. The summed E-state index contributed by atoms with van der Waals surface area (Å²) in [6.07, 6.45) is 3.47. The second-order valence-electron chi connectivity index (χ2n) is 5.63. The number of anilines is 1. The Bertz CT molecular complexity index is 487. The summed E-state index contributed by atoms with van der Waals surface area (Å²) < 4.78 is 1.54. The molecule has 1 fully saturated rings. The lowest BCUT2D eigenvalue weighted by atomic mass is 9.75. The molecule has 2 rings (SSSR count). The van der Waals surface area contributed by atoms with Crippen LogP contribution >= 0.6 is 0 Å². The maximum atomic E-state index is 12.2. The van der Waals surface area contributed by atoms with Crippen molar-refractivity contribution < 1.29 is 4.79 Å². The number of aromatic nitrogens is 2. The molecule has 0 aliphatic heterocycles. The lowest BCUT2D eigenvalue weighted by Crippen LogP contribution is -2.57. The van der Waals surface area contributed by atoms with Gasteiger partial charge in [-0.15, -0.1) is 0 Å². The summed E-state index contributed by atoms with van der Waals surface area (Å²) in [7, 11) is 5.87. The van der Waals surface area contributed by atoms with Gasteiger partial charge in [-0.2, -0.15) is 5.10 Å². The van der Waals surface area contributed by atoms with Gasteiger partial charge in [0.25, 0.3) is 5.91 Å². The van der Waals surface area contributed by atoms with Crippen LogP contribution in [-0.4, -0.2) is 46.8 Å². The molecule has 6 heteroatoms. The summed E-state index contributed by atoms with van der Waals surface area (Å²) in [6.45, 7) is 2.46. The number of hydrogen-bond acceptors (Lipinski definition) is 4. The lowest BCUT2D eigenvalue weighted by molar-refractivity contribution is 0.0555. The van der Waals surface area contributed by atoms with Crippen molar-refractivity contribution in [2.75, 3.05) is 26.4 Å². The molecule has 0 spiro atoms. The Labute approximate surface area is 113 Å². The van der Waals surface area contributed by atoms with E-state index >= 15 is 0 Å². The van der Waals surface area contributed by atoms with E-state index in [2.05, 4.69) is 29.4 Å². The number of carbonyl (C=O) groups is 1. The molecule has 3 N–H and O–H groups in total. The fourth-order valence-corrected chi connectivity index (χ4v) is 2.64. The van der Waals surface area contributed by atoms with Crippen molar-refractivity contribution in [1.29, 1.82) is 0 Å². The minimum Gasteiger partial charge on any atom is -0.395 e. The zero-order valence-corrected chi connectivity index (χ0v) is 12.2. The molecular formula is C13H23N5O. The van der Waals surface area contributed by atoms with Gasteiger partial charge in [0, 0.05) is 19.1 Å². The van der Waals surface area contributed by atoms with Crippen LogP contribution in [0.5, 0.6) is 0 Å². The highest BCUT2D eigenvalue weighted by molar-refractivity contribution is 5.97. The topological polar surface area (TPSA) is 76.2 Å². The van der Waals surface area contributed by atoms with Crippen molar-refractivity contribution in [2.45, 2.75) is 31.7 Å². The predicted octanol–water partition coefficient (Wildman–Crippen LogP) is 0.525. The van der Waals surface area contributed by atoms with Gasteiger partial charge in [0.15, 0.2) is 0 Å². The highest BCUT2D eigenvalue weighted by atomic mass is 16.2. The first-order valence-electron chi connectivity index (χ1n) is 6.62. The molecule has 0 radical (unpaired) electrons. The molecule has 1 amide bonds. The summed E-state index contributed by atoms with van der Waals surface area (Å²) in [4.78, 5) is 14.4.